The molecule has 0 saturated heterocycles. The predicted molar refractivity (Wildman–Crippen MR) is 100 cm³/mol. The minimum atomic E-state index is -4.85. The summed E-state index contributed by atoms with van der Waals surface area (Å²) in [6.07, 6.45) is -5.81. The molecule has 1 heterocycles. The second-order valence-corrected chi connectivity index (χ2v) is 6.58. The SMILES string of the molecule is Cc1cc(OCC(=O)N2c3ccccc3NC(=O)C[C@@H]2C(F)(F)F)ccc1[N+](=O)[O-]. The molecule has 158 valence electrons. The van der Waals surface area contributed by atoms with Gasteiger partial charge in [0.05, 0.1) is 22.7 Å². The molecule has 0 spiro atoms. The van der Waals surface area contributed by atoms with E-state index in [9.17, 15) is 32.9 Å². The molecule has 1 aliphatic rings. The first-order chi connectivity index (χ1) is 14.1. The van der Waals surface area contributed by atoms with E-state index in [1.54, 1.807) is 0 Å². The van der Waals surface area contributed by atoms with Gasteiger partial charge in [0.2, 0.25) is 5.91 Å². The van der Waals surface area contributed by atoms with Crippen molar-refractivity contribution in [2.75, 3.05) is 16.8 Å². The third-order valence-corrected chi connectivity index (χ3v) is 4.50. The van der Waals surface area contributed by atoms with Crippen molar-refractivity contribution in [1.29, 1.82) is 0 Å². The van der Waals surface area contributed by atoms with E-state index < -0.39 is 42.0 Å². The van der Waals surface area contributed by atoms with Crippen molar-refractivity contribution < 1.29 is 32.4 Å². The fraction of sp³-hybridized carbons (Fsp3) is 0.263. The quantitative estimate of drug-likeness (QED) is 0.598. The Hall–Kier alpha value is -3.63. The van der Waals surface area contributed by atoms with E-state index in [-0.39, 0.29) is 28.4 Å². The van der Waals surface area contributed by atoms with Gasteiger partial charge in [0.15, 0.2) is 6.61 Å². The zero-order valence-corrected chi connectivity index (χ0v) is 15.6. The summed E-state index contributed by atoms with van der Waals surface area (Å²) in [4.78, 5) is 35.5. The number of anilines is 2. The van der Waals surface area contributed by atoms with Gasteiger partial charge in [-0.15, -0.1) is 0 Å². The molecular weight excluding hydrogens is 407 g/mol. The summed E-state index contributed by atoms with van der Waals surface area (Å²) in [6.45, 7) is 0.710. The number of nitrogens with one attached hydrogen (secondary N) is 1. The van der Waals surface area contributed by atoms with Crippen molar-refractivity contribution in [3.63, 3.8) is 0 Å². The molecule has 0 aliphatic carbocycles. The van der Waals surface area contributed by atoms with Gasteiger partial charge in [-0.3, -0.25) is 24.6 Å². The molecule has 0 radical (unpaired) electrons. The van der Waals surface area contributed by atoms with Crippen LogP contribution in [0.4, 0.5) is 30.2 Å². The molecular formula is C19H16F3N3O5. The summed E-state index contributed by atoms with van der Waals surface area (Å²) in [6, 6.07) is 7.04. The van der Waals surface area contributed by atoms with E-state index >= 15 is 0 Å². The Balaban J connectivity index is 1.89. The van der Waals surface area contributed by atoms with Crippen molar-refractivity contribution in [3.05, 3.63) is 58.1 Å². The standard InChI is InChI=1S/C19H16F3N3O5/c1-11-8-12(6-7-14(11)25(28)29)30-10-18(27)24-15-5-3-2-4-13(15)23-17(26)9-16(24)19(20,21)22/h2-8,16H,9-10H2,1H3,(H,23,26)/t16-/m1/s1. The lowest BCUT2D eigenvalue weighted by Gasteiger charge is -2.31. The number of alkyl halides is 3. The van der Waals surface area contributed by atoms with Gasteiger partial charge in [-0.1, -0.05) is 12.1 Å². The minimum absolute atomic E-state index is 0.0776. The number of nitro benzene ring substituents is 1. The van der Waals surface area contributed by atoms with Crippen molar-refractivity contribution in [1.82, 2.24) is 0 Å². The molecule has 0 fully saturated rings. The smallest absolute Gasteiger partial charge is 0.409 e. The monoisotopic (exact) mass is 423 g/mol. The van der Waals surface area contributed by atoms with E-state index in [4.69, 9.17) is 4.74 Å². The maximum absolute atomic E-state index is 13.7. The molecule has 3 rings (SSSR count). The number of hydrogen-bond acceptors (Lipinski definition) is 5. The molecule has 0 bridgehead atoms. The van der Waals surface area contributed by atoms with Crippen molar-refractivity contribution in [2.45, 2.75) is 25.6 Å². The maximum Gasteiger partial charge on any atom is 0.409 e. The van der Waals surface area contributed by atoms with Gasteiger partial charge in [-0.05, 0) is 31.2 Å². The van der Waals surface area contributed by atoms with Crippen molar-refractivity contribution in [2.24, 2.45) is 0 Å². The molecule has 30 heavy (non-hydrogen) atoms. The molecule has 0 saturated carbocycles. The van der Waals surface area contributed by atoms with E-state index in [1.807, 2.05) is 0 Å². The number of para-hydroxylation sites is 2. The van der Waals surface area contributed by atoms with Gasteiger partial charge in [-0.2, -0.15) is 13.2 Å². The Morgan fingerprint density at radius 1 is 1.30 bits per heavy atom. The largest absolute Gasteiger partial charge is 0.484 e. The van der Waals surface area contributed by atoms with Crippen LogP contribution in [-0.4, -0.2) is 35.6 Å². The predicted octanol–water partition coefficient (Wildman–Crippen LogP) is 3.59. The number of aryl methyl sites for hydroxylation is 1. The first kappa shape index (κ1) is 21.1. The second kappa shape index (κ2) is 8.01. The topological polar surface area (TPSA) is 102 Å². The van der Waals surface area contributed by atoms with E-state index in [2.05, 4.69) is 5.32 Å². The normalized spacial score (nSPS) is 16.3. The van der Waals surface area contributed by atoms with Crippen LogP contribution >= 0.6 is 0 Å². The van der Waals surface area contributed by atoms with Crippen LogP contribution in [0.2, 0.25) is 0 Å². The van der Waals surface area contributed by atoms with Crippen LogP contribution in [0.25, 0.3) is 0 Å². The van der Waals surface area contributed by atoms with Gasteiger partial charge >= 0.3 is 6.18 Å². The number of halogens is 3. The molecule has 1 aliphatic heterocycles. The highest BCUT2D eigenvalue weighted by molar-refractivity contribution is 6.05. The highest BCUT2D eigenvalue weighted by atomic mass is 19.4. The number of rotatable bonds is 4. The lowest BCUT2D eigenvalue weighted by Crippen LogP contribution is -2.51. The zero-order chi connectivity index (χ0) is 22.1. The van der Waals surface area contributed by atoms with Crippen LogP contribution in [0.5, 0.6) is 5.75 Å². The molecule has 2 aromatic rings. The number of hydrogen-bond donors (Lipinski definition) is 1. The first-order valence-corrected chi connectivity index (χ1v) is 8.73. The number of ether oxygens (including phenoxy) is 1. The molecule has 2 amide bonds. The summed E-state index contributed by atoms with van der Waals surface area (Å²) in [5.74, 6) is -1.79. The first-order valence-electron chi connectivity index (χ1n) is 8.73. The number of nitro groups is 1. The summed E-state index contributed by atoms with van der Waals surface area (Å²) in [5, 5.41) is 13.2. The average molecular weight is 423 g/mol. The number of carbonyl (C=O) groups is 2. The number of amides is 2. The van der Waals surface area contributed by atoms with Crippen LogP contribution in [0.15, 0.2) is 42.5 Å². The average Bonchev–Trinajstić information content (AvgIpc) is 2.81. The Morgan fingerprint density at radius 2 is 2.00 bits per heavy atom. The summed E-state index contributed by atoms with van der Waals surface area (Å²) in [7, 11) is 0. The molecule has 0 unspecified atom stereocenters. The van der Waals surface area contributed by atoms with Crippen LogP contribution in [-0.2, 0) is 9.59 Å². The third kappa shape index (κ3) is 4.34. The second-order valence-electron chi connectivity index (χ2n) is 6.58. The van der Waals surface area contributed by atoms with Crippen molar-refractivity contribution >= 4 is 28.9 Å². The lowest BCUT2D eigenvalue weighted by molar-refractivity contribution is -0.385. The Morgan fingerprint density at radius 3 is 2.63 bits per heavy atom. The molecule has 2 aromatic carbocycles. The molecule has 1 N–H and O–H groups in total. The fourth-order valence-corrected chi connectivity index (χ4v) is 3.13. The zero-order valence-electron chi connectivity index (χ0n) is 15.6. The van der Waals surface area contributed by atoms with Crippen LogP contribution in [0.3, 0.4) is 0 Å². The van der Waals surface area contributed by atoms with Gasteiger partial charge < -0.3 is 10.1 Å². The lowest BCUT2D eigenvalue weighted by atomic mass is 10.1. The summed E-state index contributed by atoms with van der Waals surface area (Å²) >= 11 is 0. The Labute approximate surface area is 168 Å². The van der Waals surface area contributed by atoms with Crippen molar-refractivity contribution in [3.8, 4) is 5.75 Å². The van der Waals surface area contributed by atoms with E-state index in [1.165, 1.54) is 49.4 Å². The maximum atomic E-state index is 13.7. The number of benzene rings is 2. The fourth-order valence-electron chi connectivity index (χ4n) is 3.13. The van der Waals surface area contributed by atoms with E-state index in [0.29, 0.717) is 4.90 Å². The Bertz CT molecular complexity index is 1010. The third-order valence-electron chi connectivity index (χ3n) is 4.50. The minimum Gasteiger partial charge on any atom is -0.484 e. The van der Waals surface area contributed by atoms with Crippen LogP contribution in [0, 0.1) is 17.0 Å². The highest BCUT2D eigenvalue weighted by Gasteiger charge is 2.49. The number of carbonyl (C=O) groups excluding carboxylic acids is 2. The molecule has 1 atom stereocenters. The number of fused-ring (bicyclic) bond motifs is 1. The van der Waals surface area contributed by atoms with Gasteiger partial charge in [0, 0.05) is 11.6 Å². The molecule has 0 aromatic heterocycles. The summed E-state index contributed by atoms with van der Waals surface area (Å²) in [5.41, 5.74) is 0.0952. The highest BCUT2D eigenvalue weighted by Crippen LogP contribution is 2.37. The van der Waals surface area contributed by atoms with Gasteiger partial charge in [0.1, 0.15) is 11.8 Å². The number of nitrogens with zero attached hydrogens (tertiary/aromatic N) is 2. The van der Waals surface area contributed by atoms with Crippen LogP contribution < -0.4 is 15.0 Å². The molecule has 8 nitrogen and oxygen atoms in total. The van der Waals surface area contributed by atoms with Gasteiger partial charge in [0.25, 0.3) is 11.6 Å². The van der Waals surface area contributed by atoms with Gasteiger partial charge in [-0.25, -0.2) is 0 Å². The Kier molecular flexibility index (Phi) is 5.63. The van der Waals surface area contributed by atoms with Crippen LogP contribution in [0.1, 0.15) is 12.0 Å². The van der Waals surface area contributed by atoms with E-state index in [0.717, 1.165) is 0 Å². The molecule has 11 heteroatoms. The summed E-state index contributed by atoms with van der Waals surface area (Å²) < 4.78 is 46.3.